The summed E-state index contributed by atoms with van der Waals surface area (Å²) in [5, 5.41) is 21.3. The van der Waals surface area contributed by atoms with Gasteiger partial charge in [-0.2, -0.15) is 5.26 Å². The van der Waals surface area contributed by atoms with Crippen molar-refractivity contribution in [2.45, 2.75) is 25.9 Å². The minimum Gasteiger partial charge on any atom is -0.480 e. The van der Waals surface area contributed by atoms with E-state index in [9.17, 15) is 9.90 Å². The van der Waals surface area contributed by atoms with Crippen molar-refractivity contribution < 1.29 is 9.90 Å². The summed E-state index contributed by atoms with van der Waals surface area (Å²) in [5.74, 6) is -0.802. The fourth-order valence-corrected chi connectivity index (χ4v) is 2.59. The zero-order chi connectivity index (χ0) is 15.6. The maximum atomic E-state index is 11.4. The van der Waals surface area contributed by atoms with E-state index in [0.29, 0.717) is 27.7 Å². The van der Waals surface area contributed by atoms with Crippen LogP contribution in [0.15, 0.2) is 17.1 Å². The van der Waals surface area contributed by atoms with Gasteiger partial charge in [0, 0.05) is 5.56 Å². The first-order chi connectivity index (χ1) is 9.99. The lowest BCUT2D eigenvalue weighted by atomic mass is 10.1. The molecule has 0 saturated carbocycles. The standard InChI is InChI=1S/C13H12Cl2N4O2/c1-2-10(12(20)21)19-5-7-9(18-13(19)17-6-16)4-3-8(14)11(7)15/h3-4,10H,2,5H2,1H3,(H,17,18)(H,20,21). The summed E-state index contributed by atoms with van der Waals surface area (Å²) >= 11 is 12.2. The van der Waals surface area contributed by atoms with Crippen LogP contribution < -0.4 is 5.32 Å². The molecule has 21 heavy (non-hydrogen) atoms. The van der Waals surface area contributed by atoms with E-state index in [1.165, 1.54) is 4.90 Å². The van der Waals surface area contributed by atoms with Gasteiger partial charge in [0.25, 0.3) is 0 Å². The molecule has 1 unspecified atom stereocenters. The van der Waals surface area contributed by atoms with E-state index >= 15 is 0 Å². The second kappa shape index (κ2) is 6.20. The van der Waals surface area contributed by atoms with Crippen LogP contribution in [0.2, 0.25) is 10.0 Å². The van der Waals surface area contributed by atoms with Crippen LogP contribution in [-0.4, -0.2) is 28.0 Å². The molecule has 0 aromatic heterocycles. The number of aliphatic carboxylic acids is 1. The molecule has 2 N–H and O–H groups in total. The van der Waals surface area contributed by atoms with Crippen LogP contribution in [0.3, 0.4) is 0 Å². The van der Waals surface area contributed by atoms with E-state index in [4.69, 9.17) is 28.5 Å². The van der Waals surface area contributed by atoms with Gasteiger partial charge in [-0.05, 0) is 18.6 Å². The smallest absolute Gasteiger partial charge is 0.326 e. The largest absolute Gasteiger partial charge is 0.480 e. The molecule has 0 amide bonds. The second-order valence-electron chi connectivity index (χ2n) is 4.42. The predicted octanol–water partition coefficient (Wildman–Crippen LogP) is 2.73. The van der Waals surface area contributed by atoms with Gasteiger partial charge < -0.3 is 10.0 Å². The maximum absolute atomic E-state index is 11.4. The highest BCUT2D eigenvalue weighted by molar-refractivity contribution is 6.42. The van der Waals surface area contributed by atoms with Gasteiger partial charge in [0.2, 0.25) is 5.96 Å². The molecule has 0 aliphatic carbocycles. The predicted molar refractivity (Wildman–Crippen MR) is 79.6 cm³/mol. The van der Waals surface area contributed by atoms with Gasteiger partial charge in [0.1, 0.15) is 6.04 Å². The zero-order valence-corrected chi connectivity index (χ0v) is 12.6. The van der Waals surface area contributed by atoms with E-state index in [2.05, 4.69) is 10.3 Å². The van der Waals surface area contributed by atoms with Gasteiger partial charge in [-0.1, -0.05) is 30.1 Å². The monoisotopic (exact) mass is 326 g/mol. The quantitative estimate of drug-likeness (QED) is 0.658. The fourth-order valence-electron chi connectivity index (χ4n) is 2.20. The highest BCUT2D eigenvalue weighted by Crippen LogP contribution is 2.37. The summed E-state index contributed by atoms with van der Waals surface area (Å²) < 4.78 is 0. The Morgan fingerprint density at radius 3 is 2.90 bits per heavy atom. The van der Waals surface area contributed by atoms with Crippen LogP contribution in [0.1, 0.15) is 18.9 Å². The van der Waals surface area contributed by atoms with Crippen molar-refractivity contribution in [2.24, 2.45) is 4.99 Å². The molecule has 0 spiro atoms. The minimum absolute atomic E-state index is 0.192. The maximum Gasteiger partial charge on any atom is 0.326 e. The fraction of sp³-hybridized carbons (Fsp3) is 0.308. The molecule has 0 saturated heterocycles. The Hall–Kier alpha value is -1.97. The van der Waals surface area contributed by atoms with Gasteiger partial charge in [-0.3, -0.25) is 5.32 Å². The Balaban J connectivity index is 2.51. The Morgan fingerprint density at radius 2 is 2.33 bits per heavy atom. The first-order valence-corrected chi connectivity index (χ1v) is 6.95. The van der Waals surface area contributed by atoms with Crippen LogP contribution in [-0.2, 0) is 11.3 Å². The highest BCUT2D eigenvalue weighted by atomic mass is 35.5. The highest BCUT2D eigenvalue weighted by Gasteiger charge is 2.31. The number of nitriles is 1. The van der Waals surface area contributed by atoms with Gasteiger partial charge in [-0.15, -0.1) is 0 Å². The number of carboxylic acids is 1. The summed E-state index contributed by atoms with van der Waals surface area (Å²) in [4.78, 5) is 17.1. The number of hydrogen-bond acceptors (Lipinski definition) is 5. The summed E-state index contributed by atoms with van der Waals surface area (Å²) in [6, 6.07) is 2.48. The molecule has 1 aromatic rings. The third kappa shape index (κ3) is 2.89. The van der Waals surface area contributed by atoms with E-state index in [1.54, 1.807) is 25.2 Å². The molecule has 1 aromatic carbocycles. The lowest BCUT2D eigenvalue weighted by molar-refractivity contribution is -0.142. The number of fused-ring (bicyclic) bond motifs is 1. The Bertz CT molecular complexity index is 654. The van der Waals surface area contributed by atoms with Gasteiger partial charge in [0.05, 0.1) is 22.3 Å². The number of aliphatic imine (C=N–C) groups is 1. The lowest BCUT2D eigenvalue weighted by Gasteiger charge is -2.33. The van der Waals surface area contributed by atoms with Crippen molar-refractivity contribution in [2.75, 3.05) is 0 Å². The number of hydrogen-bond donors (Lipinski definition) is 2. The average molecular weight is 327 g/mol. The molecule has 1 aliphatic rings. The topological polar surface area (TPSA) is 88.7 Å². The Labute approximate surface area is 131 Å². The molecule has 8 heteroatoms. The average Bonchev–Trinajstić information content (AvgIpc) is 2.45. The zero-order valence-electron chi connectivity index (χ0n) is 11.1. The van der Waals surface area contributed by atoms with Crippen molar-refractivity contribution in [1.29, 1.82) is 5.26 Å². The first kappa shape index (κ1) is 15.4. The van der Waals surface area contributed by atoms with Crippen LogP contribution in [0.5, 0.6) is 0 Å². The summed E-state index contributed by atoms with van der Waals surface area (Å²) in [5.41, 5.74) is 1.21. The molecule has 110 valence electrons. The molecule has 2 rings (SSSR count). The summed E-state index contributed by atoms with van der Waals surface area (Å²) in [6.45, 7) is 1.96. The molecule has 1 atom stereocenters. The van der Waals surface area contributed by atoms with E-state index in [1.807, 2.05) is 0 Å². The molecule has 0 fully saturated rings. The molecule has 1 heterocycles. The minimum atomic E-state index is -0.994. The second-order valence-corrected chi connectivity index (χ2v) is 5.21. The van der Waals surface area contributed by atoms with Crippen LogP contribution in [0.4, 0.5) is 5.69 Å². The number of nitrogens with one attached hydrogen (secondary N) is 1. The number of nitrogens with zero attached hydrogens (tertiary/aromatic N) is 3. The van der Waals surface area contributed by atoms with Crippen LogP contribution >= 0.6 is 23.2 Å². The molecule has 1 aliphatic heterocycles. The normalized spacial score (nSPS) is 14.8. The van der Waals surface area contributed by atoms with E-state index in [0.717, 1.165) is 0 Å². The number of benzene rings is 1. The van der Waals surface area contributed by atoms with E-state index in [-0.39, 0.29) is 12.5 Å². The lowest BCUT2D eigenvalue weighted by Crippen LogP contribution is -2.49. The molecular weight excluding hydrogens is 315 g/mol. The molecular formula is C13H12Cl2N4O2. The van der Waals surface area contributed by atoms with Gasteiger partial charge in [-0.25, -0.2) is 9.79 Å². The van der Waals surface area contributed by atoms with Crippen molar-refractivity contribution in [3.05, 3.63) is 27.7 Å². The SMILES string of the molecule is CCC(C(=O)O)N1Cc2c(ccc(Cl)c2Cl)N=C1NC#N. The van der Waals surface area contributed by atoms with Crippen molar-refractivity contribution >= 4 is 40.8 Å². The molecule has 0 radical (unpaired) electrons. The first-order valence-electron chi connectivity index (χ1n) is 6.19. The summed E-state index contributed by atoms with van der Waals surface area (Å²) in [6.07, 6.45) is 2.12. The Morgan fingerprint density at radius 1 is 1.62 bits per heavy atom. The third-order valence-electron chi connectivity index (χ3n) is 3.21. The number of carboxylic acid groups (broad SMARTS) is 1. The number of carbonyl (C=O) groups is 1. The Kier molecular flexibility index (Phi) is 4.56. The van der Waals surface area contributed by atoms with Crippen molar-refractivity contribution in [3.8, 4) is 6.19 Å². The van der Waals surface area contributed by atoms with Gasteiger partial charge in [0.15, 0.2) is 6.19 Å². The van der Waals surface area contributed by atoms with Crippen molar-refractivity contribution in [1.82, 2.24) is 10.2 Å². The number of halogens is 2. The van der Waals surface area contributed by atoms with Crippen LogP contribution in [0, 0.1) is 11.5 Å². The molecule has 6 nitrogen and oxygen atoms in total. The van der Waals surface area contributed by atoms with Gasteiger partial charge >= 0.3 is 5.97 Å². The molecule has 0 bridgehead atoms. The summed E-state index contributed by atoms with van der Waals surface area (Å²) in [7, 11) is 0. The van der Waals surface area contributed by atoms with Crippen molar-refractivity contribution in [3.63, 3.8) is 0 Å². The van der Waals surface area contributed by atoms with Crippen LogP contribution in [0.25, 0.3) is 0 Å². The number of guanidine groups is 1. The number of rotatable bonds is 3. The third-order valence-corrected chi connectivity index (χ3v) is 4.06. The van der Waals surface area contributed by atoms with E-state index < -0.39 is 12.0 Å².